The third-order valence-corrected chi connectivity index (χ3v) is 3.98. The van der Waals surface area contributed by atoms with Gasteiger partial charge in [-0.05, 0) is 6.42 Å². The number of amides is 2. The predicted octanol–water partition coefficient (Wildman–Crippen LogP) is 3.73. The van der Waals surface area contributed by atoms with E-state index in [9.17, 15) is 14.4 Å². The number of rotatable bonds is 20. The average Bonchev–Trinajstić information content (AvgIpc) is 2.90. The van der Waals surface area contributed by atoms with E-state index in [1.54, 1.807) is 18.9 Å². The summed E-state index contributed by atoms with van der Waals surface area (Å²) in [7, 11) is 1.70. The lowest BCUT2D eigenvalue weighted by molar-refractivity contribution is -0.135. The predicted molar refractivity (Wildman–Crippen MR) is 143 cm³/mol. The van der Waals surface area contributed by atoms with Crippen molar-refractivity contribution in [3.63, 3.8) is 0 Å². The van der Waals surface area contributed by atoms with Crippen LogP contribution in [0.4, 0.5) is 0 Å². The summed E-state index contributed by atoms with van der Waals surface area (Å²) in [6.45, 7) is 20.5. The number of hydrogen-bond donors (Lipinski definition) is 1. The second-order valence-corrected chi connectivity index (χ2v) is 6.61. The maximum absolute atomic E-state index is 11.9. The highest BCUT2D eigenvalue weighted by atomic mass is 16.6. The normalized spacial score (nSPS) is 10.3. The molecular weight excluding hydrogens is 452 g/mol. The van der Waals surface area contributed by atoms with Crippen molar-refractivity contribution < 1.29 is 33.3 Å². The molecule has 0 saturated carbocycles. The Bertz CT molecular complexity index is 438. The molecule has 0 aliphatic heterocycles. The van der Waals surface area contributed by atoms with Gasteiger partial charge in [-0.3, -0.25) is 9.59 Å². The highest BCUT2D eigenvalue weighted by Gasteiger charge is 2.16. The zero-order valence-corrected chi connectivity index (χ0v) is 24.2. The Kier molecular flexibility index (Phi) is 42.9. The Morgan fingerprint density at radius 3 is 1.66 bits per heavy atom. The standard InChI is InChI=1S/C20H38N2O7.3C2H6/c1-4-7-21-19(24)6-10-26-12-14-28-16-17-29-15-13-27-11-8-22(3)20(25)18(2)5-9-23;3*1-2/h9,18H,4-8,10-17H2,1-3H3,(H,21,24);3*1-2H3. The van der Waals surface area contributed by atoms with E-state index in [-0.39, 0.29) is 24.2 Å². The van der Waals surface area contributed by atoms with E-state index >= 15 is 0 Å². The quantitative estimate of drug-likeness (QED) is 0.197. The highest BCUT2D eigenvalue weighted by Crippen LogP contribution is 2.03. The molecule has 0 spiro atoms. The number of nitrogens with one attached hydrogen (secondary N) is 1. The van der Waals surface area contributed by atoms with Gasteiger partial charge in [-0.25, -0.2) is 0 Å². The fourth-order valence-corrected chi connectivity index (χ4v) is 2.21. The van der Waals surface area contributed by atoms with Gasteiger partial charge in [0.15, 0.2) is 0 Å². The number of likely N-dealkylation sites (N-methyl/N-ethyl adjacent to an activating group) is 1. The summed E-state index contributed by atoms with van der Waals surface area (Å²) in [6, 6.07) is 0. The molecule has 9 nitrogen and oxygen atoms in total. The number of carbonyl (C=O) groups is 3. The summed E-state index contributed by atoms with van der Waals surface area (Å²) in [5.41, 5.74) is 0. The highest BCUT2D eigenvalue weighted by molar-refractivity contribution is 5.80. The number of nitrogens with zero attached hydrogens (tertiary/aromatic N) is 1. The Morgan fingerprint density at radius 1 is 0.800 bits per heavy atom. The molecule has 212 valence electrons. The van der Waals surface area contributed by atoms with Gasteiger partial charge in [0.1, 0.15) is 6.29 Å². The largest absolute Gasteiger partial charge is 0.379 e. The molecule has 1 atom stereocenters. The summed E-state index contributed by atoms with van der Waals surface area (Å²) >= 11 is 0. The van der Waals surface area contributed by atoms with Gasteiger partial charge in [0, 0.05) is 38.9 Å². The Labute approximate surface area is 215 Å². The number of ether oxygens (including phenoxy) is 4. The molecule has 0 rings (SSSR count). The minimum atomic E-state index is -0.295. The van der Waals surface area contributed by atoms with Crippen molar-refractivity contribution in [1.82, 2.24) is 10.2 Å². The SMILES string of the molecule is CC.CC.CC.CCCNC(=O)CCOCCOCCOCCOCCN(C)C(=O)C(C)CC=O. The van der Waals surface area contributed by atoms with Crippen molar-refractivity contribution in [2.75, 3.05) is 73.0 Å². The molecule has 1 N–H and O–H groups in total. The van der Waals surface area contributed by atoms with E-state index in [0.29, 0.717) is 72.4 Å². The van der Waals surface area contributed by atoms with Crippen LogP contribution < -0.4 is 5.32 Å². The van der Waals surface area contributed by atoms with Crippen molar-refractivity contribution in [3.05, 3.63) is 0 Å². The van der Waals surface area contributed by atoms with Crippen molar-refractivity contribution in [2.24, 2.45) is 5.92 Å². The van der Waals surface area contributed by atoms with Crippen LogP contribution in [0.5, 0.6) is 0 Å². The van der Waals surface area contributed by atoms with E-state index in [0.717, 1.165) is 12.7 Å². The van der Waals surface area contributed by atoms with E-state index < -0.39 is 0 Å². The van der Waals surface area contributed by atoms with Gasteiger partial charge in [-0.1, -0.05) is 55.4 Å². The van der Waals surface area contributed by atoms with Gasteiger partial charge in [-0.15, -0.1) is 0 Å². The van der Waals surface area contributed by atoms with Crippen LogP contribution in [-0.4, -0.2) is 96.0 Å². The van der Waals surface area contributed by atoms with Crippen molar-refractivity contribution in [1.29, 1.82) is 0 Å². The van der Waals surface area contributed by atoms with Crippen LogP contribution in [-0.2, 0) is 33.3 Å². The van der Waals surface area contributed by atoms with Crippen molar-refractivity contribution in [3.8, 4) is 0 Å². The summed E-state index contributed by atoms with van der Waals surface area (Å²) in [5.74, 6) is -0.344. The zero-order valence-electron chi connectivity index (χ0n) is 24.2. The van der Waals surface area contributed by atoms with Gasteiger partial charge in [0.25, 0.3) is 0 Å². The molecule has 0 bridgehead atoms. The molecule has 0 aliphatic rings. The minimum Gasteiger partial charge on any atom is -0.379 e. The first-order valence-electron chi connectivity index (χ1n) is 13.3. The molecule has 2 amide bonds. The van der Waals surface area contributed by atoms with E-state index in [1.165, 1.54) is 0 Å². The Hall–Kier alpha value is -1.55. The molecule has 0 aliphatic carbocycles. The van der Waals surface area contributed by atoms with Gasteiger partial charge in [-0.2, -0.15) is 0 Å². The molecule has 0 aromatic heterocycles. The van der Waals surface area contributed by atoms with Crippen LogP contribution in [0, 0.1) is 5.92 Å². The number of carbonyl (C=O) groups excluding carboxylic acids is 3. The molecule has 35 heavy (non-hydrogen) atoms. The topological polar surface area (TPSA) is 103 Å². The lowest BCUT2D eigenvalue weighted by Gasteiger charge is -2.20. The summed E-state index contributed by atoms with van der Waals surface area (Å²) in [6.07, 6.45) is 2.29. The van der Waals surface area contributed by atoms with Crippen LogP contribution in [0.2, 0.25) is 0 Å². The molecule has 0 fully saturated rings. The number of hydrogen-bond acceptors (Lipinski definition) is 7. The maximum Gasteiger partial charge on any atom is 0.225 e. The van der Waals surface area contributed by atoms with Crippen molar-refractivity contribution >= 4 is 18.1 Å². The van der Waals surface area contributed by atoms with E-state index in [2.05, 4.69) is 5.32 Å². The molecule has 0 heterocycles. The van der Waals surface area contributed by atoms with Crippen LogP contribution in [0.3, 0.4) is 0 Å². The van der Waals surface area contributed by atoms with Gasteiger partial charge in [0.05, 0.1) is 52.9 Å². The second-order valence-electron chi connectivity index (χ2n) is 6.61. The van der Waals surface area contributed by atoms with Crippen LogP contribution in [0.1, 0.15) is 74.7 Å². The summed E-state index contributed by atoms with van der Waals surface area (Å²) in [4.78, 5) is 35.2. The third kappa shape index (κ3) is 32.5. The molecule has 0 aromatic carbocycles. The Morgan fingerprint density at radius 2 is 1.23 bits per heavy atom. The van der Waals surface area contributed by atoms with Crippen LogP contribution >= 0.6 is 0 Å². The number of aldehydes is 1. The van der Waals surface area contributed by atoms with E-state index in [4.69, 9.17) is 18.9 Å². The molecule has 1 unspecified atom stereocenters. The smallest absolute Gasteiger partial charge is 0.225 e. The minimum absolute atomic E-state index is 0.00841. The monoisotopic (exact) mass is 508 g/mol. The average molecular weight is 509 g/mol. The van der Waals surface area contributed by atoms with Crippen LogP contribution in [0.15, 0.2) is 0 Å². The van der Waals surface area contributed by atoms with E-state index in [1.807, 2.05) is 48.5 Å². The maximum atomic E-state index is 11.9. The fraction of sp³-hybridized carbons (Fsp3) is 0.885. The van der Waals surface area contributed by atoms with Gasteiger partial charge in [0.2, 0.25) is 11.8 Å². The molecule has 0 saturated heterocycles. The van der Waals surface area contributed by atoms with Gasteiger partial charge < -0.3 is 34.0 Å². The lowest BCUT2D eigenvalue weighted by atomic mass is 10.1. The molecule has 0 radical (unpaired) electrons. The lowest BCUT2D eigenvalue weighted by Crippen LogP contribution is -2.34. The first-order valence-corrected chi connectivity index (χ1v) is 13.3. The first kappa shape index (κ1) is 40.6. The Balaban J connectivity index is -0.000000737. The molecular formula is C26H56N2O7. The fourth-order valence-electron chi connectivity index (χ4n) is 2.21. The summed E-state index contributed by atoms with van der Waals surface area (Å²) < 4.78 is 21.5. The van der Waals surface area contributed by atoms with Crippen molar-refractivity contribution in [2.45, 2.75) is 74.7 Å². The first-order chi connectivity index (χ1) is 17.0. The second kappa shape index (κ2) is 37.0. The zero-order chi connectivity index (χ0) is 27.7. The van der Waals surface area contributed by atoms with Crippen LogP contribution in [0.25, 0.3) is 0 Å². The molecule has 0 aromatic rings. The third-order valence-electron chi connectivity index (χ3n) is 3.98. The molecule has 9 heteroatoms. The van der Waals surface area contributed by atoms with Gasteiger partial charge >= 0.3 is 0 Å². The summed E-state index contributed by atoms with van der Waals surface area (Å²) in [5, 5.41) is 2.79.